The Labute approximate surface area is 205 Å². The number of halogens is 1. The molecule has 4 aromatic rings. The lowest BCUT2D eigenvalue weighted by Gasteiger charge is -2.42. The summed E-state index contributed by atoms with van der Waals surface area (Å²) < 4.78 is 11.0. The number of nitrogens with zero attached hydrogens (tertiary/aromatic N) is 3. The van der Waals surface area contributed by atoms with Crippen molar-refractivity contribution < 1.29 is 18.8 Å². The highest BCUT2D eigenvalue weighted by Crippen LogP contribution is 2.33. The van der Waals surface area contributed by atoms with E-state index in [0.717, 1.165) is 21.8 Å². The standard InChI is InChI=1S/C24H25ClN6O4/c1-13-6-21(35-30-13)29-20(32)10-31-12-24(2,3)34-11-19(31)23(33)28-17-8-14(25)7-16-15-4-5-26-9-18(15)27-22(16)17/h4-9,19,27H,10-12H2,1-3H3,(H,28,33)(H,29,32)/t19-/m0/s1. The molecule has 0 saturated carbocycles. The van der Waals surface area contributed by atoms with Gasteiger partial charge in [-0.1, -0.05) is 16.8 Å². The third-order valence-corrected chi connectivity index (χ3v) is 6.15. The third kappa shape index (κ3) is 4.86. The fraction of sp³-hybridized carbons (Fsp3) is 0.333. The Balaban J connectivity index is 1.39. The average molecular weight is 497 g/mol. The first-order chi connectivity index (χ1) is 16.7. The molecule has 10 nitrogen and oxygen atoms in total. The van der Waals surface area contributed by atoms with E-state index in [2.05, 4.69) is 25.8 Å². The van der Waals surface area contributed by atoms with Crippen molar-refractivity contribution in [3.05, 3.63) is 47.4 Å². The summed E-state index contributed by atoms with van der Waals surface area (Å²) >= 11 is 6.38. The molecule has 0 radical (unpaired) electrons. The second kappa shape index (κ2) is 8.95. The number of ether oxygens (including phenoxy) is 1. The molecule has 11 heteroatoms. The van der Waals surface area contributed by atoms with Gasteiger partial charge in [-0.15, -0.1) is 0 Å². The van der Waals surface area contributed by atoms with Crippen molar-refractivity contribution in [1.29, 1.82) is 0 Å². The highest BCUT2D eigenvalue weighted by atomic mass is 35.5. The van der Waals surface area contributed by atoms with Gasteiger partial charge in [-0.25, -0.2) is 0 Å². The molecule has 1 fully saturated rings. The molecule has 1 saturated heterocycles. The normalized spacial score (nSPS) is 18.1. The molecule has 0 spiro atoms. The highest BCUT2D eigenvalue weighted by Gasteiger charge is 2.38. The maximum absolute atomic E-state index is 13.4. The summed E-state index contributed by atoms with van der Waals surface area (Å²) in [6.07, 6.45) is 3.43. The quantitative estimate of drug-likeness (QED) is 0.384. The number of morpholine rings is 1. The van der Waals surface area contributed by atoms with Crippen molar-refractivity contribution in [3.63, 3.8) is 0 Å². The van der Waals surface area contributed by atoms with E-state index in [9.17, 15) is 9.59 Å². The Morgan fingerprint density at radius 3 is 2.86 bits per heavy atom. The van der Waals surface area contributed by atoms with E-state index in [1.807, 2.05) is 26.0 Å². The van der Waals surface area contributed by atoms with Crippen molar-refractivity contribution in [2.45, 2.75) is 32.4 Å². The van der Waals surface area contributed by atoms with Crippen LogP contribution in [0.3, 0.4) is 0 Å². The molecule has 3 aromatic heterocycles. The number of hydrogen-bond acceptors (Lipinski definition) is 7. The largest absolute Gasteiger partial charge is 0.372 e. The van der Waals surface area contributed by atoms with Crippen LogP contribution in [0.5, 0.6) is 0 Å². The minimum absolute atomic E-state index is 0.0202. The van der Waals surface area contributed by atoms with Gasteiger partial charge in [0.05, 0.1) is 47.4 Å². The molecule has 1 aliphatic rings. The van der Waals surface area contributed by atoms with E-state index in [4.69, 9.17) is 20.9 Å². The van der Waals surface area contributed by atoms with Crippen LogP contribution in [0.2, 0.25) is 5.02 Å². The van der Waals surface area contributed by atoms with E-state index in [1.165, 1.54) is 0 Å². The Hall–Kier alpha value is -3.47. The molecule has 0 bridgehead atoms. The van der Waals surface area contributed by atoms with Crippen LogP contribution in [0.1, 0.15) is 19.5 Å². The smallest absolute Gasteiger partial charge is 0.244 e. The molecule has 35 heavy (non-hydrogen) atoms. The first-order valence-corrected chi connectivity index (χ1v) is 11.5. The van der Waals surface area contributed by atoms with Crippen molar-refractivity contribution in [1.82, 2.24) is 20.0 Å². The van der Waals surface area contributed by atoms with E-state index >= 15 is 0 Å². The van der Waals surface area contributed by atoms with Gasteiger partial charge in [0, 0.05) is 34.6 Å². The first kappa shape index (κ1) is 23.3. The van der Waals surface area contributed by atoms with Crippen LogP contribution in [0.4, 0.5) is 11.6 Å². The van der Waals surface area contributed by atoms with E-state index in [-0.39, 0.29) is 30.9 Å². The number of pyridine rings is 1. The summed E-state index contributed by atoms with van der Waals surface area (Å²) in [6, 6.07) is 6.38. The Kier molecular flexibility index (Phi) is 5.96. The van der Waals surface area contributed by atoms with Crippen molar-refractivity contribution in [2.24, 2.45) is 0 Å². The van der Waals surface area contributed by atoms with Crippen molar-refractivity contribution >= 4 is 56.8 Å². The highest BCUT2D eigenvalue weighted by molar-refractivity contribution is 6.33. The van der Waals surface area contributed by atoms with Crippen molar-refractivity contribution in [2.75, 3.05) is 30.3 Å². The number of benzene rings is 1. The van der Waals surface area contributed by atoms with E-state index in [1.54, 1.807) is 36.4 Å². The van der Waals surface area contributed by atoms with Crippen LogP contribution in [0, 0.1) is 6.92 Å². The number of rotatable bonds is 5. The maximum Gasteiger partial charge on any atom is 0.244 e. The molecule has 3 N–H and O–H groups in total. The maximum atomic E-state index is 13.4. The number of H-pyrrole nitrogens is 1. The second-order valence-electron chi connectivity index (χ2n) is 9.28. The van der Waals surface area contributed by atoms with Crippen LogP contribution in [0.15, 0.2) is 41.2 Å². The molecule has 0 unspecified atom stereocenters. The molecular formula is C24H25ClN6O4. The van der Waals surface area contributed by atoms with E-state index in [0.29, 0.717) is 22.9 Å². The SMILES string of the molecule is Cc1cc(NC(=O)CN2CC(C)(C)OC[C@H]2C(=O)Nc2cc(Cl)cc3c2[nH]c2cnccc23)on1. The lowest BCUT2D eigenvalue weighted by Crippen LogP contribution is -2.59. The van der Waals surface area contributed by atoms with Gasteiger partial charge in [0.2, 0.25) is 17.7 Å². The summed E-state index contributed by atoms with van der Waals surface area (Å²) in [5.74, 6) is -0.357. The minimum atomic E-state index is -0.690. The number of aromatic amines is 1. The van der Waals surface area contributed by atoms with E-state index < -0.39 is 11.6 Å². The fourth-order valence-corrected chi connectivity index (χ4v) is 4.60. The van der Waals surface area contributed by atoms with Gasteiger partial charge < -0.3 is 19.6 Å². The average Bonchev–Trinajstić information content (AvgIpc) is 3.36. The van der Waals surface area contributed by atoms with Crippen LogP contribution >= 0.6 is 11.6 Å². The Morgan fingerprint density at radius 2 is 2.09 bits per heavy atom. The zero-order valence-electron chi connectivity index (χ0n) is 19.5. The fourth-order valence-electron chi connectivity index (χ4n) is 4.38. The number of nitrogens with one attached hydrogen (secondary N) is 3. The van der Waals surface area contributed by atoms with Crippen LogP contribution in [-0.2, 0) is 14.3 Å². The van der Waals surface area contributed by atoms with Gasteiger partial charge in [-0.3, -0.25) is 24.8 Å². The third-order valence-electron chi connectivity index (χ3n) is 5.93. The van der Waals surface area contributed by atoms with Gasteiger partial charge >= 0.3 is 0 Å². The predicted molar refractivity (Wildman–Crippen MR) is 133 cm³/mol. The summed E-state index contributed by atoms with van der Waals surface area (Å²) in [6.45, 7) is 6.11. The van der Waals surface area contributed by atoms with Gasteiger partial charge in [0.25, 0.3) is 0 Å². The Bertz CT molecular complexity index is 1430. The zero-order chi connectivity index (χ0) is 24.7. The van der Waals surface area contributed by atoms with Gasteiger partial charge in [-0.2, -0.15) is 0 Å². The zero-order valence-corrected chi connectivity index (χ0v) is 20.3. The number of carbonyl (C=O) groups excluding carboxylic acids is 2. The molecule has 1 aliphatic heterocycles. The number of fused-ring (bicyclic) bond motifs is 3. The summed E-state index contributed by atoms with van der Waals surface area (Å²) in [5, 5.41) is 11.8. The first-order valence-electron chi connectivity index (χ1n) is 11.2. The summed E-state index contributed by atoms with van der Waals surface area (Å²) in [4.78, 5) is 35.4. The topological polar surface area (TPSA) is 125 Å². The molecule has 5 rings (SSSR count). The molecule has 1 atom stereocenters. The lowest BCUT2D eigenvalue weighted by molar-refractivity contribution is -0.145. The Morgan fingerprint density at radius 1 is 1.26 bits per heavy atom. The second-order valence-corrected chi connectivity index (χ2v) is 9.72. The van der Waals surface area contributed by atoms with Crippen LogP contribution in [-0.4, -0.2) is 63.2 Å². The molecular weight excluding hydrogens is 472 g/mol. The number of aromatic nitrogens is 3. The van der Waals surface area contributed by atoms with Crippen LogP contribution < -0.4 is 10.6 Å². The van der Waals surface area contributed by atoms with Crippen molar-refractivity contribution in [3.8, 4) is 0 Å². The molecule has 4 heterocycles. The molecule has 2 amide bonds. The van der Waals surface area contributed by atoms with Crippen LogP contribution in [0.25, 0.3) is 21.8 Å². The number of amides is 2. The molecule has 182 valence electrons. The van der Waals surface area contributed by atoms with Gasteiger partial charge in [0.1, 0.15) is 6.04 Å². The number of hydrogen-bond donors (Lipinski definition) is 3. The predicted octanol–water partition coefficient (Wildman–Crippen LogP) is 3.72. The number of carbonyl (C=O) groups is 2. The minimum Gasteiger partial charge on any atom is -0.372 e. The number of anilines is 2. The molecule has 1 aromatic carbocycles. The molecule has 0 aliphatic carbocycles. The number of aryl methyl sites for hydroxylation is 1. The lowest BCUT2D eigenvalue weighted by atomic mass is 10.0. The van der Waals surface area contributed by atoms with Gasteiger partial charge in [-0.05, 0) is 39.0 Å². The monoisotopic (exact) mass is 496 g/mol. The summed E-state index contributed by atoms with van der Waals surface area (Å²) in [7, 11) is 0. The van der Waals surface area contributed by atoms with Gasteiger partial charge in [0.15, 0.2) is 0 Å². The summed E-state index contributed by atoms with van der Waals surface area (Å²) in [5.41, 5.74) is 2.26.